The molecule has 0 radical (unpaired) electrons. The number of nitrogens with two attached hydrogens (primary N) is 1. The predicted molar refractivity (Wildman–Crippen MR) is 49.6 cm³/mol. The van der Waals surface area contributed by atoms with E-state index in [1.807, 2.05) is 6.08 Å². The number of hydrogen-bond acceptors (Lipinski definition) is 4. The Balaban J connectivity index is 2.64. The molecule has 72 valence electrons. The number of allylic oxidation sites excluding steroid dienone is 1. The largest absolute Gasteiger partial charge is 0.464 e. The molecule has 13 heavy (non-hydrogen) atoms. The fraction of sp³-hybridized carbons (Fsp3) is 0.444. The molecular formula is C9H14N2O2. The van der Waals surface area contributed by atoms with Crippen LogP contribution in [-0.4, -0.2) is 19.6 Å². The standard InChI is InChI=1S/C9H14N2O2/c1-13-9(12)8-4-2-3-7(5-10)6-11-8/h4,6,11H,2-3,5,10H2,1H3. The molecule has 0 aromatic heterocycles. The van der Waals surface area contributed by atoms with Gasteiger partial charge >= 0.3 is 5.97 Å². The molecule has 0 spiro atoms. The topological polar surface area (TPSA) is 64.3 Å². The van der Waals surface area contributed by atoms with Crippen molar-refractivity contribution in [3.63, 3.8) is 0 Å². The van der Waals surface area contributed by atoms with Crippen molar-refractivity contribution in [2.75, 3.05) is 13.7 Å². The lowest BCUT2D eigenvalue weighted by Gasteiger charge is -2.03. The Hall–Kier alpha value is -1.29. The third kappa shape index (κ3) is 2.59. The van der Waals surface area contributed by atoms with Gasteiger partial charge in [-0.3, -0.25) is 0 Å². The van der Waals surface area contributed by atoms with E-state index in [-0.39, 0.29) is 5.97 Å². The van der Waals surface area contributed by atoms with Gasteiger partial charge in [0, 0.05) is 12.7 Å². The minimum Gasteiger partial charge on any atom is -0.464 e. The van der Waals surface area contributed by atoms with Crippen LogP contribution in [0.3, 0.4) is 0 Å². The Morgan fingerprint density at radius 1 is 1.77 bits per heavy atom. The first kappa shape index (κ1) is 9.80. The van der Waals surface area contributed by atoms with Crippen LogP contribution in [-0.2, 0) is 9.53 Å². The second-order valence-corrected chi connectivity index (χ2v) is 2.80. The van der Waals surface area contributed by atoms with Crippen LogP contribution in [0.5, 0.6) is 0 Å². The van der Waals surface area contributed by atoms with E-state index in [1.165, 1.54) is 7.11 Å². The molecule has 4 heteroatoms. The number of esters is 1. The van der Waals surface area contributed by atoms with Crippen LogP contribution in [0.4, 0.5) is 0 Å². The number of hydrogen-bond donors (Lipinski definition) is 2. The molecule has 4 nitrogen and oxygen atoms in total. The molecule has 1 heterocycles. The third-order valence-electron chi connectivity index (χ3n) is 1.91. The van der Waals surface area contributed by atoms with E-state index >= 15 is 0 Å². The van der Waals surface area contributed by atoms with Gasteiger partial charge in [0.2, 0.25) is 0 Å². The monoisotopic (exact) mass is 182 g/mol. The lowest BCUT2D eigenvalue weighted by Crippen LogP contribution is -2.17. The van der Waals surface area contributed by atoms with Crippen LogP contribution in [0.25, 0.3) is 0 Å². The highest BCUT2D eigenvalue weighted by Crippen LogP contribution is 2.09. The number of carbonyl (C=O) groups is 1. The predicted octanol–water partition coefficient (Wildman–Crippen LogP) is 0.269. The zero-order chi connectivity index (χ0) is 9.68. The second kappa shape index (κ2) is 4.67. The van der Waals surface area contributed by atoms with Crippen molar-refractivity contribution < 1.29 is 9.53 Å². The SMILES string of the molecule is COC(=O)C1=CCCC(CN)=CN1. The average molecular weight is 182 g/mol. The van der Waals surface area contributed by atoms with Crippen molar-refractivity contribution in [2.45, 2.75) is 12.8 Å². The van der Waals surface area contributed by atoms with E-state index < -0.39 is 0 Å². The third-order valence-corrected chi connectivity index (χ3v) is 1.91. The van der Waals surface area contributed by atoms with Gasteiger partial charge in [0.25, 0.3) is 0 Å². The summed E-state index contributed by atoms with van der Waals surface area (Å²) in [4.78, 5) is 11.1. The highest BCUT2D eigenvalue weighted by atomic mass is 16.5. The van der Waals surface area contributed by atoms with Crippen LogP contribution in [0.1, 0.15) is 12.8 Å². The van der Waals surface area contributed by atoms with Crippen LogP contribution in [0, 0.1) is 0 Å². The maximum Gasteiger partial charge on any atom is 0.354 e. The van der Waals surface area contributed by atoms with Crippen molar-refractivity contribution in [2.24, 2.45) is 5.73 Å². The number of methoxy groups -OCH3 is 1. The van der Waals surface area contributed by atoms with E-state index in [0.717, 1.165) is 18.4 Å². The number of carbonyl (C=O) groups excluding carboxylic acids is 1. The minimum absolute atomic E-state index is 0.338. The Morgan fingerprint density at radius 2 is 2.54 bits per heavy atom. The smallest absolute Gasteiger partial charge is 0.354 e. The van der Waals surface area contributed by atoms with Crippen molar-refractivity contribution in [1.29, 1.82) is 0 Å². The molecule has 0 aliphatic carbocycles. The van der Waals surface area contributed by atoms with Gasteiger partial charge < -0.3 is 15.8 Å². The summed E-state index contributed by atoms with van der Waals surface area (Å²) in [5.74, 6) is -0.338. The Morgan fingerprint density at radius 3 is 3.15 bits per heavy atom. The van der Waals surface area contributed by atoms with E-state index in [9.17, 15) is 4.79 Å². The van der Waals surface area contributed by atoms with E-state index in [4.69, 9.17) is 5.73 Å². The van der Waals surface area contributed by atoms with Gasteiger partial charge in [0.15, 0.2) is 0 Å². The first-order valence-corrected chi connectivity index (χ1v) is 4.21. The second-order valence-electron chi connectivity index (χ2n) is 2.80. The van der Waals surface area contributed by atoms with Gasteiger partial charge in [-0.15, -0.1) is 0 Å². The molecule has 0 saturated carbocycles. The Bertz CT molecular complexity index is 256. The molecule has 0 amide bonds. The summed E-state index contributed by atoms with van der Waals surface area (Å²) < 4.78 is 4.58. The van der Waals surface area contributed by atoms with Crippen LogP contribution >= 0.6 is 0 Å². The zero-order valence-corrected chi connectivity index (χ0v) is 7.67. The minimum atomic E-state index is -0.338. The van der Waals surface area contributed by atoms with Crippen molar-refractivity contribution >= 4 is 5.97 Å². The van der Waals surface area contributed by atoms with Gasteiger partial charge in [-0.1, -0.05) is 6.08 Å². The van der Waals surface area contributed by atoms with Gasteiger partial charge in [0.1, 0.15) is 5.70 Å². The van der Waals surface area contributed by atoms with Crippen molar-refractivity contribution in [3.8, 4) is 0 Å². The van der Waals surface area contributed by atoms with Crippen LogP contribution in [0.2, 0.25) is 0 Å². The molecule has 0 aromatic carbocycles. The summed E-state index contributed by atoms with van der Waals surface area (Å²) in [6, 6.07) is 0. The van der Waals surface area contributed by atoms with E-state index in [2.05, 4.69) is 10.1 Å². The Labute approximate surface area is 77.4 Å². The quantitative estimate of drug-likeness (QED) is 0.602. The van der Waals surface area contributed by atoms with Crippen molar-refractivity contribution in [3.05, 3.63) is 23.5 Å². The molecule has 1 aliphatic heterocycles. The normalized spacial score (nSPS) is 16.5. The molecular weight excluding hydrogens is 168 g/mol. The van der Waals surface area contributed by atoms with Crippen LogP contribution < -0.4 is 11.1 Å². The van der Waals surface area contributed by atoms with E-state index in [0.29, 0.717) is 12.2 Å². The molecule has 0 bridgehead atoms. The Kier molecular flexibility index (Phi) is 3.52. The maximum absolute atomic E-state index is 11.1. The molecule has 1 rings (SSSR count). The fourth-order valence-electron chi connectivity index (χ4n) is 1.13. The number of rotatable bonds is 2. The summed E-state index contributed by atoms with van der Waals surface area (Å²) in [6.07, 6.45) is 5.31. The summed E-state index contributed by atoms with van der Waals surface area (Å²) >= 11 is 0. The summed E-state index contributed by atoms with van der Waals surface area (Å²) in [5.41, 5.74) is 7.08. The molecule has 3 N–H and O–H groups in total. The lowest BCUT2D eigenvalue weighted by atomic mass is 10.1. The zero-order valence-electron chi connectivity index (χ0n) is 7.67. The molecule has 0 saturated heterocycles. The molecule has 0 atom stereocenters. The van der Waals surface area contributed by atoms with Crippen molar-refractivity contribution in [1.82, 2.24) is 5.32 Å². The van der Waals surface area contributed by atoms with Gasteiger partial charge in [-0.05, 0) is 18.4 Å². The van der Waals surface area contributed by atoms with Crippen LogP contribution in [0.15, 0.2) is 23.5 Å². The first-order chi connectivity index (χ1) is 6.27. The molecule has 1 aliphatic rings. The molecule has 0 fully saturated rings. The molecule has 0 aromatic rings. The number of ether oxygens (including phenoxy) is 1. The maximum atomic E-state index is 11.1. The first-order valence-electron chi connectivity index (χ1n) is 4.21. The number of nitrogens with one attached hydrogen (secondary N) is 1. The highest BCUT2D eigenvalue weighted by Gasteiger charge is 2.10. The summed E-state index contributed by atoms with van der Waals surface area (Å²) in [7, 11) is 1.36. The summed E-state index contributed by atoms with van der Waals surface area (Å²) in [6.45, 7) is 0.523. The lowest BCUT2D eigenvalue weighted by molar-refractivity contribution is -0.136. The van der Waals surface area contributed by atoms with Gasteiger partial charge in [0.05, 0.1) is 7.11 Å². The average Bonchev–Trinajstić information content (AvgIpc) is 2.41. The van der Waals surface area contributed by atoms with E-state index in [1.54, 1.807) is 6.20 Å². The van der Waals surface area contributed by atoms with Gasteiger partial charge in [-0.25, -0.2) is 4.79 Å². The highest BCUT2D eigenvalue weighted by molar-refractivity contribution is 5.87. The molecule has 0 unspecified atom stereocenters. The summed E-state index contributed by atoms with van der Waals surface area (Å²) in [5, 5.41) is 2.88. The fourth-order valence-corrected chi connectivity index (χ4v) is 1.13. The van der Waals surface area contributed by atoms with Gasteiger partial charge in [-0.2, -0.15) is 0 Å².